The van der Waals surface area contributed by atoms with Crippen molar-refractivity contribution in [1.29, 1.82) is 0 Å². The van der Waals surface area contributed by atoms with E-state index in [2.05, 4.69) is 9.97 Å². The number of aryl methyl sites for hydroxylation is 1. The van der Waals surface area contributed by atoms with Crippen LogP contribution in [-0.4, -0.2) is 15.1 Å². The maximum absolute atomic E-state index is 9.98. The fraction of sp³-hybridized carbons (Fsp3) is 0.0667. The van der Waals surface area contributed by atoms with E-state index < -0.39 is 0 Å². The zero-order chi connectivity index (χ0) is 12.5. The van der Waals surface area contributed by atoms with E-state index in [4.69, 9.17) is 0 Å². The predicted molar refractivity (Wildman–Crippen MR) is 71.4 cm³/mol. The van der Waals surface area contributed by atoms with E-state index in [1.807, 2.05) is 55.5 Å². The Morgan fingerprint density at radius 2 is 1.67 bits per heavy atom. The second-order valence-corrected chi connectivity index (χ2v) is 4.25. The van der Waals surface area contributed by atoms with E-state index >= 15 is 0 Å². The van der Waals surface area contributed by atoms with Crippen LogP contribution in [0.5, 0.6) is 5.88 Å². The molecule has 3 heteroatoms. The van der Waals surface area contributed by atoms with E-state index in [0.29, 0.717) is 11.2 Å². The van der Waals surface area contributed by atoms with Crippen LogP contribution >= 0.6 is 0 Å². The number of rotatable bonds is 1. The molecule has 18 heavy (non-hydrogen) atoms. The van der Waals surface area contributed by atoms with Crippen LogP contribution in [0.25, 0.3) is 22.3 Å². The zero-order valence-electron chi connectivity index (χ0n) is 9.96. The van der Waals surface area contributed by atoms with Crippen LogP contribution in [0.2, 0.25) is 0 Å². The lowest BCUT2D eigenvalue weighted by Gasteiger charge is -2.05. The quantitative estimate of drug-likeness (QED) is 0.705. The maximum Gasteiger partial charge on any atom is 0.238 e. The van der Waals surface area contributed by atoms with Crippen LogP contribution in [0.4, 0.5) is 0 Å². The average molecular weight is 236 g/mol. The molecule has 3 rings (SSSR count). The van der Waals surface area contributed by atoms with Gasteiger partial charge in [-0.25, -0.2) is 9.97 Å². The minimum atomic E-state index is -0.0284. The molecule has 88 valence electrons. The minimum absolute atomic E-state index is 0.0284. The van der Waals surface area contributed by atoms with Crippen LogP contribution in [0.1, 0.15) is 5.56 Å². The SMILES string of the molecule is Cc1ccc2nc(-c3ccccc3)c(O)nc2c1. The lowest BCUT2D eigenvalue weighted by Crippen LogP contribution is -1.90. The average Bonchev–Trinajstić information content (AvgIpc) is 2.39. The monoisotopic (exact) mass is 236 g/mol. The third-order valence-corrected chi connectivity index (χ3v) is 2.85. The number of aromatic nitrogens is 2. The Bertz CT molecular complexity index is 708. The number of aromatic hydroxyl groups is 1. The van der Waals surface area contributed by atoms with E-state index in [9.17, 15) is 5.11 Å². The summed E-state index contributed by atoms with van der Waals surface area (Å²) in [4.78, 5) is 8.68. The highest BCUT2D eigenvalue weighted by Crippen LogP contribution is 2.27. The lowest BCUT2D eigenvalue weighted by molar-refractivity contribution is 0.456. The summed E-state index contributed by atoms with van der Waals surface area (Å²) in [6, 6.07) is 15.4. The van der Waals surface area contributed by atoms with Gasteiger partial charge in [0.1, 0.15) is 5.69 Å². The Morgan fingerprint density at radius 1 is 0.889 bits per heavy atom. The van der Waals surface area contributed by atoms with Crippen LogP contribution in [-0.2, 0) is 0 Å². The van der Waals surface area contributed by atoms with Gasteiger partial charge >= 0.3 is 0 Å². The fourth-order valence-corrected chi connectivity index (χ4v) is 1.94. The number of hydrogen-bond donors (Lipinski definition) is 1. The van der Waals surface area contributed by atoms with Crippen molar-refractivity contribution in [2.24, 2.45) is 0 Å². The van der Waals surface area contributed by atoms with Crippen molar-refractivity contribution in [1.82, 2.24) is 9.97 Å². The van der Waals surface area contributed by atoms with Crippen molar-refractivity contribution in [3.63, 3.8) is 0 Å². The summed E-state index contributed by atoms with van der Waals surface area (Å²) >= 11 is 0. The molecular weight excluding hydrogens is 224 g/mol. The molecule has 0 fully saturated rings. The first-order valence-corrected chi connectivity index (χ1v) is 5.77. The molecule has 0 aliphatic rings. The minimum Gasteiger partial charge on any atom is -0.492 e. The molecule has 0 bridgehead atoms. The van der Waals surface area contributed by atoms with Gasteiger partial charge < -0.3 is 5.11 Å². The largest absolute Gasteiger partial charge is 0.492 e. The molecule has 0 spiro atoms. The standard InChI is InChI=1S/C15H12N2O/c1-10-7-8-12-13(9-10)17-15(18)14(16-12)11-5-3-2-4-6-11/h2-9H,1H3,(H,17,18). The van der Waals surface area contributed by atoms with Gasteiger partial charge in [0.25, 0.3) is 0 Å². The molecule has 0 saturated heterocycles. The van der Waals surface area contributed by atoms with Gasteiger partial charge in [-0.1, -0.05) is 36.4 Å². The second kappa shape index (κ2) is 4.11. The van der Waals surface area contributed by atoms with Crippen molar-refractivity contribution in [2.45, 2.75) is 6.92 Å². The van der Waals surface area contributed by atoms with E-state index in [1.165, 1.54) is 0 Å². The Hall–Kier alpha value is -2.42. The summed E-state index contributed by atoms with van der Waals surface area (Å²) in [5, 5.41) is 9.98. The van der Waals surface area contributed by atoms with Crippen LogP contribution in [0.3, 0.4) is 0 Å². The first kappa shape index (κ1) is 10.7. The third-order valence-electron chi connectivity index (χ3n) is 2.85. The fourth-order valence-electron chi connectivity index (χ4n) is 1.94. The van der Waals surface area contributed by atoms with Crippen molar-refractivity contribution < 1.29 is 5.11 Å². The van der Waals surface area contributed by atoms with Crippen molar-refractivity contribution in [3.8, 4) is 17.1 Å². The van der Waals surface area contributed by atoms with Crippen LogP contribution in [0, 0.1) is 6.92 Å². The number of benzene rings is 2. The van der Waals surface area contributed by atoms with Crippen LogP contribution in [0.15, 0.2) is 48.5 Å². The molecule has 0 amide bonds. The first-order chi connectivity index (χ1) is 8.74. The van der Waals surface area contributed by atoms with Gasteiger partial charge in [-0.05, 0) is 24.6 Å². The maximum atomic E-state index is 9.98. The zero-order valence-corrected chi connectivity index (χ0v) is 9.96. The van der Waals surface area contributed by atoms with Crippen LogP contribution < -0.4 is 0 Å². The smallest absolute Gasteiger partial charge is 0.238 e. The molecule has 1 N–H and O–H groups in total. The topological polar surface area (TPSA) is 46.0 Å². The molecule has 0 radical (unpaired) electrons. The van der Waals surface area contributed by atoms with Gasteiger partial charge in [0.15, 0.2) is 0 Å². The summed E-state index contributed by atoms with van der Waals surface area (Å²) in [6.07, 6.45) is 0. The molecule has 0 unspecified atom stereocenters. The Balaban J connectivity index is 2.25. The van der Waals surface area contributed by atoms with E-state index in [1.54, 1.807) is 0 Å². The molecule has 0 aliphatic heterocycles. The van der Waals surface area contributed by atoms with Gasteiger partial charge in [0, 0.05) is 5.56 Å². The summed E-state index contributed by atoms with van der Waals surface area (Å²) in [6.45, 7) is 1.99. The first-order valence-electron chi connectivity index (χ1n) is 5.77. The summed E-state index contributed by atoms with van der Waals surface area (Å²) in [5.74, 6) is -0.0284. The highest BCUT2D eigenvalue weighted by molar-refractivity contribution is 5.80. The van der Waals surface area contributed by atoms with Crippen molar-refractivity contribution >= 4 is 11.0 Å². The van der Waals surface area contributed by atoms with Gasteiger partial charge in [-0.15, -0.1) is 0 Å². The van der Waals surface area contributed by atoms with E-state index in [-0.39, 0.29) is 5.88 Å². The molecule has 0 saturated carbocycles. The van der Waals surface area contributed by atoms with E-state index in [0.717, 1.165) is 16.6 Å². The molecule has 1 heterocycles. The highest BCUT2D eigenvalue weighted by atomic mass is 16.3. The number of fused-ring (bicyclic) bond motifs is 1. The second-order valence-electron chi connectivity index (χ2n) is 4.25. The van der Waals surface area contributed by atoms with Gasteiger partial charge in [-0.3, -0.25) is 0 Å². The Labute approximate surface area is 105 Å². The predicted octanol–water partition coefficient (Wildman–Crippen LogP) is 3.31. The number of hydrogen-bond acceptors (Lipinski definition) is 3. The summed E-state index contributed by atoms with van der Waals surface area (Å²) in [7, 11) is 0. The molecule has 0 atom stereocenters. The summed E-state index contributed by atoms with van der Waals surface area (Å²) < 4.78 is 0. The molecular formula is C15H12N2O. The van der Waals surface area contributed by atoms with Crippen molar-refractivity contribution in [3.05, 3.63) is 54.1 Å². The Morgan fingerprint density at radius 3 is 2.44 bits per heavy atom. The highest BCUT2D eigenvalue weighted by Gasteiger charge is 2.09. The summed E-state index contributed by atoms with van der Waals surface area (Å²) in [5.41, 5.74) is 3.99. The molecule has 1 aromatic heterocycles. The van der Waals surface area contributed by atoms with Gasteiger partial charge in [0.2, 0.25) is 5.88 Å². The van der Waals surface area contributed by atoms with Gasteiger partial charge in [-0.2, -0.15) is 0 Å². The molecule has 3 aromatic rings. The van der Waals surface area contributed by atoms with Crippen molar-refractivity contribution in [2.75, 3.05) is 0 Å². The third kappa shape index (κ3) is 1.80. The molecule has 3 nitrogen and oxygen atoms in total. The molecule has 0 aliphatic carbocycles. The Kier molecular flexibility index (Phi) is 2.45. The van der Waals surface area contributed by atoms with Gasteiger partial charge in [0.05, 0.1) is 11.0 Å². The normalized spacial score (nSPS) is 10.7. The number of nitrogens with zero attached hydrogens (tertiary/aromatic N) is 2. The molecule has 2 aromatic carbocycles. The lowest BCUT2D eigenvalue weighted by atomic mass is 10.1.